The van der Waals surface area contributed by atoms with Crippen LogP contribution in [0.15, 0.2) is 36.4 Å². The molecule has 1 unspecified atom stereocenters. The average Bonchev–Trinajstić information content (AvgIpc) is 2.86. The molecule has 0 radical (unpaired) electrons. The second kappa shape index (κ2) is 12.4. The van der Waals surface area contributed by atoms with E-state index in [4.69, 9.17) is 4.74 Å². The van der Waals surface area contributed by atoms with Crippen molar-refractivity contribution in [3.63, 3.8) is 0 Å². The van der Waals surface area contributed by atoms with Crippen molar-refractivity contribution in [1.29, 1.82) is 0 Å². The van der Waals surface area contributed by atoms with Crippen LogP contribution >= 0.6 is 0 Å². The van der Waals surface area contributed by atoms with Gasteiger partial charge in [0, 0.05) is 18.1 Å². The highest BCUT2D eigenvalue weighted by molar-refractivity contribution is 6.01. The summed E-state index contributed by atoms with van der Waals surface area (Å²) in [4.78, 5) is 25.4. The first-order valence-corrected chi connectivity index (χ1v) is 13.3. The summed E-state index contributed by atoms with van der Waals surface area (Å²) in [5.41, 5.74) is 1.90. The van der Waals surface area contributed by atoms with E-state index in [9.17, 15) is 19.2 Å². The number of phenolic OH excluding ortho intramolecular Hbond substituents is 1. The summed E-state index contributed by atoms with van der Waals surface area (Å²) in [7, 11) is 0. The number of nitrogens with one attached hydrogen (secondary N) is 1. The Morgan fingerprint density at radius 2 is 1.65 bits per heavy atom. The van der Waals surface area contributed by atoms with Gasteiger partial charge in [-0.15, -0.1) is 5.12 Å². The van der Waals surface area contributed by atoms with E-state index in [0.29, 0.717) is 18.6 Å². The predicted octanol–water partition coefficient (Wildman–Crippen LogP) is 7.58. The van der Waals surface area contributed by atoms with E-state index in [1.54, 1.807) is 6.92 Å². The van der Waals surface area contributed by atoms with Gasteiger partial charge < -0.3 is 15.2 Å². The van der Waals surface area contributed by atoms with Gasteiger partial charge in [0.2, 0.25) is 0 Å². The zero-order valence-electron chi connectivity index (χ0n) is 23.6. The van der Waals surface area contributed by atoms with Gasteiger partial charge in [0.25, 0.3) is 11.8 Å². The average molecular weight is 515 g/mol. The molecule has 2 amide bonds. The minimum Gasteiger partial charge on any atom is -0.508 e. The van der Waals surface area contributed by atoms with Crippen molar-refractivity contribution in [1.82, 2.24) is 0 Å². The number of rotatable bonds is 12. The third-order valence-corrected chi connectivity index (χ3v) is 7.32. The van der Waals surface area contributed by atoms with Crippen molar-refractivity contribution in [2.75, 3.05) is 10.4 Å². The molecule has 0 bridgehead atoms. The summed E-state index contributed by atoms with van der Waals surface area (Å²) in [6.07, 6.45) is 1.86. The van der Waals surface area contributed by atoms with Gasteiger partial charge >= 0.3 is 0 Å². The van der Waals surface area contributed by atoms with Crippen LogP contribution in [-0.2, 0) is 20.4 Å². The Labute approximate surface area is 221 Å². The maximum atomic E-state index is 14.8. The Balaban J connectivity index is 2.40. The second-order valence-electron chi connectivity index (χ2n) is 10.8. The van der Waals surface area contributed by atoms with Crippen LogP contribution in [-0.4, -0.2) is 23.0 Å². The number of phenols is 1. The van der Waals surface area contributed by atoms with Crippen molar-refractivity contribution >= 4 is 23.2 Å². The molecule has 2 aromatic carbocycles. The molecule has 0 fully saturated rings. The molecular weight excluding hydrogens is 471 g/mol. The molecule has 0 aromatic heterocycles. The Hall–Kier alpha value is -3.09. The summed E-state index contributed by atoms with van der Waals surface area (Å²) in [5, 5.41) is 12.6. The molecule has 2 rings (SSSR count). The lowest BCUT2D eigenvalue weighted by molar-refractivity contribution is -0.123. The maximum Gasteiger partial charge on any atom is 0.265 e. The van der Waals surface area contributed by atoms with Crippen LogP contribution in [0.2, 0.25) is 0 Å². The van der Waals surface area contributed by atoms with Crippen LogP contribution in [0.3, 0.4) is 0 Å². The molecule has 6 nitrogen and oxygen atoms in total. The second-order valence-corrected chi connectivity index (χ2v) is 10.8. The Kier molecular flexibility index (Phi) is 10.1. The van der Waals surface area contributed by atoms with E-state index in [1.165, 1.54) is 23.8 Å². The minimum atomic E-state index is -0.869. The number of halogens is 1. The number of nitrogens with zero attached hydrogens (tertiary/aromatic N) is 1. The molecule has 0 aliphatic carbocycles. The smallest absolute Gasteiger partial charge is 0.265 e. The number of hydrogen-bond acceptors (Lipinski definition) is 4. The molecule has 37 heavy (non-hydrogen) atoms. The number of aromatic hydroxyl groups is 1. The monoisotopic (exact) mass is 514 g/mol. The minimum absolute atomic E-state index is 0.00219. The van der Waals surface area contributed by atoms with E-state index in [0.717, 1.165) is 18.4 Å². The lowest BCUT2D eigenvalue weighted by atomic mass is 9.76. The van der Waals surface area contributed by atoms with Crippen molar-refractivity contribution in [3.8, 4) is 11.5 Å². The van der Waals surface area contributed by atoms with E-state index < -0.39 is 17.9 Å². The molecule has 2 aromatic rings. The number of benzene rings is 2. The highest BCUT2D eigenvalue weighted by atomic mass is 19.2. The van der Waals surface area contributed by atoms with Crippen LogP contribution in [0.25, 0.3) is 0 Å². The quantitative estimate of drug-likeness (QED) is 0.286. The summed E-state index contributed by atoms with van der Waals surface area (Å²) in [6.45, 7) is 16.6. The maximum absolute atomic E-state index is 14.8. The van der Waals surface area contributed by atoms with Gasteiger partial charge in [0.1, 0.15) is 17.2 Å². The molecule has 0 saturated carbocycles. The zero-order chi connectivity index (χ0) is 28.0. The lowest BCUT2D eigenvalue weighted by Crippen LogP contribution is -2.34. The lowest BCUT2D eigenvalue weighted by Gasteiger charge is -2.31. The Morgan fingerprint density at radius 3 is 2.22 bits per heavy atom. The predicted molar refractivity (Wildman–Crippen MR) is 148 cm³/mol. The fourth-order valence-electron chi connectivity index (χ4n) is 3.91. The van der Waals surface area contributed by atoms with Gasteiger partial charge in [-0.25, -0.2) is 0 Å². The number of ether oxygens (including phenoxy) is 1. The third-order valence-electron chi connectivity index (χ3n) is 7.32. The van der Waals surface area contributed by atoms with Gasteiger partial charge in [0.15, 0.2) is 6.10 Å². The van der Waals surface area contributed by atoms with E-state index in [1.807, 2.05) is 19.1 Å². The Bertz CT molecular complexity index is 1100. The number of anilines is 2. The molecule has 0 spiro atoms. The third kappa shape index (κ3) is 7.24. The topological polar surface area (TPSA) is 78.9 Å². The summed E-state index contributed by atoms with van der Waals surface area (Å²) in [5.74, 6) is -0.756. The number of hydrogen-bond donors (Lipinski definition) is 2. The van der Waals surface area contributed by atoms with Crippen molar-refractivity contribution in [2.24, 2.45) is 0 Å². The van der Waals surface area contributed by atoms with Crippen molar-refractivity contribution in [3.05, 3.63) is 47.5 Å². The highest BCUT2D eigenvalue weighted by Crippen LogP contribution is 2.39. The SMILES string of the molecule is CCCC(=O)N(F)c1ccc(O)cc1NC(=O)C(CC)Oc1ccc(C(C)(C)CC)cc1C(C)(C)CC. The van der Waals surface area contributed by atoms with Gasteiger partial charge in [-0.1, -0.05) is 72.0 Å². The van der Waals surface area contributed by atoms with Crippen LogP contribution < -0.4 is 15.2 Å². The number of amides is 2. The zero-order valence-corrected chi connectivity index (χ0v) is 23.6. The molecule has 0 heterocycles. The summed E-state index contributed by atoms with van der Waals surface area (Å²) < 4.78 is 21.1. The van der Waals surface area contributed by atoms with Crippen molar-refractivity contribution < 1.29 is 23.9 Å². The molecule has 0 aliphatic rings. The van der Waals surface area contributed by atoms with Gasteiger partial charge in [0.05, 0.1) is 5.69 Å². The molecular formula is C30H43FN2O4. The van der Waals surface area contributed by atoms with Gasteiger partial charge in [-0.2, -0.15) is 0 Å². The first-order valence-electron chi connectivity index (χ1n) is 13.3. The van der Waals surface area contributed by atoms with Crippen LogP contribution in [0.5, 0.6) is 11.5 Å². The standard InChI is InChI=1S/C30H43FN2O4/c1-9-13-27(35)33(31)24-16-15-21(34)19-23(24)32-28(36)25(10-2)37-26-17-14-20(29(5,6)11-3)18-22(26)30(7,8)12-4/h14-19,25,34H,9-13H2,1-8H3,(H,32,36). The van der Waals surface area contributed by atoms with Crippen molar-refractivity contribution in [2.45, 2.75) is 104 Å². The fraction of sp³-hybridized carbons (Fsp3) is 0.533. The van der Waals surface area contributed by atoms with Gasteiger partial charge in [-0.3, -0.25) is 9.59 Å². The van der Waals surface area contributed by atoms with Crippen LogP contribution in [0.4, 0.5) is 15.9 Å². The molecule has 1 atom stereocenters. The fourth-order valence-corrected chi connectivity index (χ4v) is 3.91. The first kappa shape index (κ1) is 30.1. The number of carbonyl (C=O) groups is 2. The summed E-state index contributed by atoms with van der Waals surface area (Å²) >= 11 is 0. The molecule has 0 aliphatic heterocycles. The normalized spacial score (nSPS) is 12.7. The largest absolute Gasteiger partial charge is 0.508 e. The van der Waals surface area contributed by atoms with E-state index in [-0.39, 0.29) is 39.5 Å². The first-order chi connectivity index (χ1) is 17.3. The molecule has 2 N–H and O–H groups in total. The highest BCUT2D eigenvalue weighted by Gasteiger charge is 2.29. The molecule has 7 heteroatoms. The number of carbonyl (C=O) groups excluding carboxylic acids is 2. The van der Waals surface area contributed by atoms with Crippen LogP contribution in [0, 0.1) is 0 Å². The molecule has 204 valence electrons. The van der Waals surface area contributed by atoms with E-state index >= 15 is 0 Å². The summed E-state index contributed by atoms with van der Waals surface area (Å²) in [6, 6.07) is 9.91. The van der Waals surface area contributed by atoms with E-state index in [2.05, 4.69) is 52.9 Å². The van der Waals surface area contributed by atoms with Gasteiger partial charge in [-0.05, 0) is 60.3 Å². The Morgan fingerprint density at radius 1 is 1.00 bits per heavy atom. The van der Waals surface area contributed by atoms with Crippen LogP contribution in [0.1, 0.15) is 98.6 Å². The molecule has 0 saturated heterocycles.